The van der Waals surface area contributed by atoms with Crippen LogP contribution in [0.3, 0.4) is 0 Å². The predicted octanol–water partition coefficient (Wildman–Crippen LogP) is 4.97. The van der Waals surface area contributed by atoms with Crippen molar-refractivity contribution in [2.24, 2.45) is 0 Å². The molecule has 1 N–H and O–H groups in total. The van der Waals surface area contributed by atoms with Crippen LogP contribution in [0.1, 0.15) is 48.6 Å². The summed E-state index contributed by atoms with van der Waals surface area (Å²) in [5.74, 6) is 1.18. The Bertz CT molecular complexity index is 1360. The molecule has 0 fully saturated rings. The lowest BCUT2D eigenvalue weighted by Crippen LogP contribution is -2.27. The zero-order valence-corrected chi connectivity index (χ0v) is 19.2. The topological polar surface area (TPSA) is 73.2 Å². The first-order valence-electron chi connectivity index (χ1n) is 11.0. The molecular weight excluding hydrogens is 414 g/mol. The summed E-state index contributed by atoms with van der Waals surface area (Å²) in [5, 5.41) is 3.58. The number of amides is 1. The molecule has 1 atom stereocenters. The molecular formula is C27H27N3O3. The zero-order valence-electron chi connectivity index (χ0n) is 19.2. The molecule has 1 heterocycles. The van der Waals surface area contributed by atoms with Crippen LogP contribution < -0.4 is 15.6 Å². The summed E-state index contributed by atoms with van der Waals surface area (Å²) >= 11 is 0. The summed E-state index contributed by atoms with van der Waals surface area (Å²) in [5.41, 5.74) is 2.68. The van der Waals surface area contributed by atoms with E-state index in [4.69, 9.17) is 4.74 Å². The molecule has 4 aromatic rings. The molecule has 0 spiro atoms. The van der Waals surface area contributed by atoms with Gasteiger partial charge in [-0.3, -0.25) is 14.2 Å². The minimum Gasteiger partial charge on any atom is -0.491 e. The van der Waals surface area contributed by atoms with E-state index in [1.165, 1.54) is 0 Å². The summed E-state index contributed by atoms with van der Waals surface area (Å²) in [6.07, 6.45) is 0.0811. The van der Waals surface area contributed by atoms with Crippen LogP contribution in [-0.4, -0.2) is 21.6 Å². The number of rotatable bonds is 6. The molecule has 0 bridgehead atoms. The SMILES string of the molecule is Cc1nc2ccccc2c(=O)n1-c1ccc(C(=O)NC(C)c2cccc(OC(C)C)c2)cc1. The largest absolute Gasteiger partial charge is 0.491 e. The fourth-order valence-electron chi connectivity index (χ4n) is 3.80. The van der Waals surface area contributed by atoms with Crippen LogP contribution in [-0.2, 0) is 0 Å². The molecule has 0 saturated heterocycles. The maximum Gasteiger partial charge on any atom is 0.265 e. The molecule has 168 valence electrons. The molecule has 6 nitrogen and oxygen atoms in total. The Kier molecular flexibility index (Phi) is 6.27. The minimum atomic E-state index is -0.192. The number of ether oxygens (including phenoxy) is 1. The quantitative estimate of drug-likeness (QED) is 0.458. The smallest absolute Gasteiger partial charge is 0.265 e. The third kappa shape index (κ3) is 4.80. The molecule has 0 aliphatic rings. The van der Waals surface area contributed by atoms with Crippen molar-refractivity contribution in [2.45, 2.75) is 39.8 Å². The van der Waals surface area contributed by atoms with Crippen molar-refractivity contribution in [3.8, 4) is 11.4 Å². The van der Waals surface area contributed by atoms with E-state index in [0.717, 1.165) is 11.3 Å². The monoisotopic (exact) mass is 441 g/mol. The van der Waals surface area contributed by atoms with Gasteiger partial charge in [0.1, 0.15) is 11.6 Å². The lowest BCUT2D eigenvalue weighted by molar-refractivity contribution is 0.0939. The van der Waals surface area contributed by atoms with E-state index in [1.54, 1.807) is 41.8 Å². The molecule has 1 amide bonds. The van der Waals surface area contributed by atoms with E-state index in [-0.39, 0.29) is 23.6 Å². The third-order valence-electron chi connectivity index (χ3n) is 5.41. The predicted molar refractivity (Wildman–Crippen MR) is 130 cm³/mol. The maximum atomic E-state index is 13.0. The van der Waals surface area contributed by atoms with Crippen LogP contribution in [0.25, 0.3) is 16.6 Å². The molecule has 0 saturated carbocycles. The Morgan fingerprint density at radius 3 is 2.42 bits per heavy atom. The number of carbonyl (C=O) groups is 1. The zero-order chi connectivity index (χ0) is 23.5. The Labute approximate surface area is 192 Å². The standard InChI is InChI=1S/C27H27N3O3/c1-17(2)33-23-9-7-8-21(16-23)18(3)28-26(31)20-12-14-22(15-13-20)30-19(4)29-25-11-6-5-10-24(25)27(30)32/h5-18H,1-4H3,(H,28,31). The van der Waals surface area contributed by atoms with E-state index in [1.807, 2.05) is 63.2 Å². The fraction of sp³-hybridized carbons (Fsp3) is 0.222. The van der Waals surface area contributed by atoms with Crippen LogP contribution in [0.2, 0.25) is 0 Å². The van der Waals surface area contributed by atoms with Gasteiger partial charge in [0.05, 0.1) is 28.7 Å². The summed E-state index contributed by atoms with van der Waals surface area (Å²) in [4.78, 5) is 30.4. The van der Waals surface area contributed by atoms with Gasteiger partial charge in [0, 0.05) is 5.56 Å². The van der Waals surface area contributed by atoms with Gasteiger partial charge in [0.15, 0.2) is 0 Å². The van der Waals surface area contributed by atoms with Crippen LogP contribution in [0.5, 0.6) is 5.75 Å². The Balaban J connectivity index is 1.54. The number of hydrogen-bond acceptors (Lipinski definition) is 4. The summed E-state index contributed by atoms with van der Waals surface area (Å²) in [6.45, 7) is 7.69. The molecule has 1 aromatic heterocycles. The summed E-state index contributed by atoms with van der Waals surface area (Å²) in [7, 11) is 0. The van der Waals surface area contributed by atoms with Crippen LogP contribution in [0, 0.1) is 6.92 Å². The second-order valence-corrected chi connectivity index (χ2v) is 8.30. The number of benzene rings is 3. The van der Waals surface area contributed by atoms with Crippen LogP contribution in [0.15, 0.2) is 77.6 Å². The Morgan fingerprint density at radius 1 is 0.970 bits per heavy atom. The van der Waals surface area contributed by atoms with E-state index in [0.29, 0.717) is 28.0 Å². The van der Waals surface area contributed by atoms with E-state index < -0.39 is 0 Å². The van der Waals surface area contributed by atoms with Gasteiger partial charge in [-0.05, 0) is 81.8 Å². The first-order valence-corrected chi connectivity index (χ1v) is 11.0. The van der Waals surface area contributed by atoms with Gasteiger partial charge in [0.25, 0.3) is 11.5 Å². The fourth-order valence-corrected chi connectivity index (χ4v) is 3.80. The lowest BCUT2D eigenvalue weighted by Gasteiger charge is -2.17. The first-order chi connectivity index (χ1) is 15.8. The van der Waals surface area contributed by atoms with Gasteiger partial charge in [-0.2, -0.15) is 0 Å². The molecule has 0 radical (unpaired) electrons. The van der Waals surface area contributed by atoms with Crippen molar-refractivity contribution in [1.29, 1.82) is 0 Å². The van der Waals surface area contributed by atoms with Crippen LogP contribution >= 0.6 is 0 Å². The van der Waals surface area contributed by atoms with Gasteiger partial charge >= 0.3 is 0 Å². The number of hydrogen-bond donors (Lipinski definition) is 1. The van der Waals surface area contributed by atoms with Gasteiger partial charge in [0.2, 0.25) is 0 Å². The van der Waals surface area contributed by atoms with Gasteiger partial charge in [-0.25, -0.2) is 4.98 Å². The van der Waals surface area contributed by atoms with Crippen molar-refractivity contribution in [1.82, 2.24) is 14.9 Å². The third-order valence-corrected chi connectivity index (χ3v) is 5.41. The van der Waals surface area contributed by atoms with Crippen molar-refractivity contribution in [3.63, 3.8) is 0 Å². The normalized spacial score (nSPS) is 12.0. The van der Waals surface area contributed by atoms with Crippen molar-refractivity contribution in [2.75, 3.05) is 0 Å². The van der Waals surface area contributed by atoms with Crippen molar-refractivity contribution >= 4 is 16.8 Å². The second-order valence-electron chi connectivity index (χ2n) is 8.30. The van der Waals surface area contributed by atoms with Gasteiger partial charge in [-0.1, -0.05) is 24.3 Å². The van der Waals surface area contributed by atoms with E-state index in [2.05, 4.69) is 10.3 Å². The highest BCUT2D eigenvalue weighted by Crippen LogP contribution is 2.21. The highest BCUT2D eigenvalue weighted by Gasteiger charge is 2.14. The minimum absolute atomic E-state index is 0.0811. The number of fused-ring (bicyclic) bond motifs is 1. The molecule has 33 heavy (non-hydrogen) atoms. The first kappa shape index (κ1) is 22.3. The molecule has 0 aliphatic heterocycles. The Hall–Kier alpha value is -3.93. The van der Waals surface area contributed by atoms with Crippen molar-refractivity contribution < 1.29 is 9.53 Å². The average molecular weight is 442 g/mol. The molecule has 3 aromatic carbocycles. The van der Waals surface area contributed by atoms with E-state index >= 15 is 0 Å². The summed E-state index contributed by atoms with van der Waals surface area (Å²) in [6, 6.07) is 21.8. The average Bonchev–Trinajstić information content (AvgIpc) is 2.79. The number of nitrogens with zero attached hydrogens (tertiary/aromatic N) is 2. The molecule has 4 rings (SSSR count). The highest BCUT2D eigenvalue weighted by atomic mass is 16.5. The molecule has 6 heteroatoms. The lowest BCUT2D eigenvalue weighted by atomic mass is 10.1. The molecule has 0 aliphatic carbocycles. The summed E-state index contributed by atoms with van der Waals surface area (Å²) < 4.78 is 7.31. The van der Waals surface area contributed by atoms with Crippen LogP contribution in [0.4, 0.5) is 0 Å². The number of nitrogens with one attached hydrogen (secondary N) is 1. The second kappa shape index (κ2) is 9.28. The highest BCUT2D eigenvalue weighted by molar-refractivity contribution is 5.94. The van der Waals surface area contributed by atoms with E-state index in [9.17, 15) is 9.59 Å². The van der Waals surface area contributed by atoms with Gasteiger partial charge in [-0.15, -0.1) is 0 Å². The van der Waals surface area contributed by atoms with Crippen molar-refractivity contribution in [3.05, 3.63) is 100 Å². The van der Waals surface area contributed by atoms with Gasteiger partial charge < -0.3 is 10.1 Å². The molecule has 1 unspecified atom stereocenters. The number of aryl methyl sites for hydroxylation is 1. The number of aromatic nitrogens is 2. The maximum absolute atomic E-state index is 13.0. The number of carbonyl (C=O) groups excluding carboxylic acids is 1. The number of para-hydroxylation sites is 1. The Morgan fingerprint density at radius 2 is 1.70 bits per heavy atom.